The minimum atomic E-state index is -2.35. The number of hydrogen-bond donors (Lipinski definition) is 0. The number of aromatic nitrogens is 2. The summed E-state index contributed by atoms with van der Waals surface area (Å²) in [4.78, 5) is 16.3. The van der Waals surface area contributed by atoms with E-state index in [1.165, 1.54) is 13.3 Å². The summed E-state index contributed by atoms with van der Waals surface area (Å²) >= 11 is 0. The van der Waals surface area contributed by atoms with E-state index in [9.17, 15) is 18.9 Å². The van der Waals surface area contributed by atoms with Gasteiger partial charge in [-0.05, 0) is 61.1 Å². The van der Waals surface area contributed by atoms with E-state index in [0.717, 1.165) is 17.8 Å². The summed E-state index contributed by atoms with van der Waals surface area (Å²) in [6.45, 7) is 3.49. The molecule has 0 aliphatic carbocycles. The Balaban J connectivity index is 1.16. The summed E-state index contributed by atoms with van der Waals surface area (Å²) in [6.07, 6.45) is 2.18. The molecule has 3 aromatic rings. The number of methoxy groups -OCH3 is 1. The quantitative estimate of drug-likeness (QED) is 0.298. The van der Waals surface area contributed by atoms with Gasteiger partial charge in [-0.3, -0.25) is 4.57 Å². The van der Waals surface area contributed by atoms with Gasteiger partial charge < -0.3 is 29.2 Å². The predicted molar refractivity (Wildman–Crippen MR) is 131 cm³/mol. The number of piperidine rings is 1. The van der Waals surface area contributed by atoms with Crippen LogP contribution in [0.25, 0.3) is 0 Å². The lowest BCUT2D eigenvalue weighted by Gasteiger charge is -2.40. The monoisotopic (exact) mass is 532 g/mol. The molecule has 1 unspecified atom stereocenters. The van der Waals surface area contributed by atoms with Crippen LogP contribution in [0.15, 0.2) is 48.7 Å². The zero-order chi connectivity index (χ0) is 27.1. The van der Waals surface area contributed by atoms with Crippen molar-refractivity contribution in [3.05, 3.63) is 76.0 Å². The minimum Gasteiger partial charge on any atom is -0.489 e. The Kier molecular flexibility index (Phi) is 6.68. The zero-order valence-electron chi connectivity index (χ0n) is 20.9. The highest BCUT2D eigenvalue weighted by molar-refractivity contribution is 5.49. The molecule has 3 heterocycles. The van der Waals surface area contributed by atoms with Gasteiger partial charge in [-0.1, -0.05) is 0 Å². The van der Waals surface area contributed by atoms with E-state index in [2.05, 4.69) is 9.88 Å². The van der Waals surface area contributed by atoms with Crippen LogP contribution in [0.3, 0.4) is 0 Å². The molecular weight excluding hydrogens is 505 g/mol. The van der Waals surface area contributed by atoms with Gasteiger partial charge in [0, 0.05) is 42.9 Å². The molecule has 2 aliphatic heterocycles. The third-order valence-electron chi connectivity index (χ3n) is 7.12. The Morgan fingerprint density at radius 2 is 1.92 bits per heavy atom. The number of hydrogen-bond acceptors (Lipinski definition) is 7. The fourth-order valence-electron chi connectivity index (χ4n) is 5.12. The maximum atomic E-state index is 15.8. The van der Waals surface area contributed by atoms with E-state index in [0.29, 0.717) is 44.3 Å². The fraction of sp³-hybridized carbons (Fsp3) is 0.423. The van der Waals surface area contributed by atoms with Gasteiger partial charge in [0.15, 0.2) is 5.60 Å². The number of imidazole rings is 1. The summed E-state index contributed by atoms with van der Waals surface area (Å²) in [7, 11) is 1.20. The number of rotatable bonds is 8. The van der Waals surface area contributed by atoms with Gasteiger partial charge in [0.05, 0.1) is 12.1 Å². The molecule has 0 spiro atoms. The number of ether oxygens (including phenoxy) is 3. The summed E-state index contributed by atoms with van der Waals surface area (Å²) in [5.41, 5.74) is -0.0770. The minimum absolute atomic E-state index is 0.189. The Labute approximate surface area is 216 Å². The molecule has 202 valence electrons. The number of anilines is 1. The third-order valence-corrected chi connectivity index (χ3v) is 7.12. The van der Waals surface area contributed by atoms with Crippen LogP contribution in [-0.4, -0.2) is 46.9 Å². The van der Waals surface area contributed by atoms with Crippen LogP contribution in [-0.2, 0) is 17.1 Å². The van der Waals surface area contributed by atoms with Crippen LogP contribution in [0.5, 0.6) is 11.8 Å². The fourth-order valence-corrected chi connectivity index (χ4v) is 5.12. The van der Waals surface area contributed by atoms with Gasteiger partial charge in [0.2, 0.25) is 5.85 Å². The molecule has 12 heteroatoms. The van der Waals surface area contributed by atoms with Crippen molar-refractivity contribution in [2.45, 2.75) is 37.8 Å². The molecule has 1 fully saturated rings. The van der Waals surface area contributed by atoms with Crippen molar-refractivity contribution >= 4 is 11.5 Å². The van der Waals surface area contributed by atoms with Crippen molar-refractivity contribution in [2.24, 2.45) is 5.92 Å². The van der Waals surface area contributed by atoms with Crippen molar-refractivity contribution in [3.8, 4) is 11.8 Å². The van der Waals surface area contributed by atoms with E-state index >= 15 is 4.39 Å². The average molecular weight is 533 g/mol. The maximum Gasteiger partial charge on any atom is 0.415 e. The summed E-state index contributed by atoms with van der Waals surface area (Å²) in [5.74, 6) is -4.30. The van der Waals surface area contributed by atoms with Gasteiger partial charge in [-0.2, -0.15) is 0 Å². The molecular formula is C26H27F3N4O5. The van der Waals surface area contributed by atoms with E-state index < -0.39 is 33.9 Å². The zero-order valence-corrected chi connectivity index (χ0v) is 20.9. The Morgan fingerprint density at radius 1 is 1.21 bits per heavy atom. The van der Waals surface area contributed by atoms with E-state index in [1.54, 1.807) is 4.57 Å². The highest BCUT2D eigenvalue weighted by Crippen LogP contribution is 2.42. The maximum absolute atomic E-state index is 15.8. The number of alkyl halides is 1. The second-order valence-electron chi connectivity index (χ2n) is 9.84. The Morgan fingerprint density at radius 3 is 2.53 bits per heavy atom. The molecule has 0 amide bonds. The predicted octanol–water partition coefficient (Wildman–Crippen LogP) is 4.98. The number of benzene rings is 2. The average Bonchev–Trinajstić information content (AvgIpc) is 3.43. The van der Waals surface area contributed by atoms with Crippen molar-refractivity contribution in [2.75, 3.05) is 31.7 Å². The smallest absolute Gasteiger partial charge is 0.415 e. The second kappa shape index (κ2) is 9.82. The topological polar surface area (TPSA) is 91.9 Å². The normalized spacial score (nSPS) is 21.0. The number of fused-ring (bicyclic) bond motifs is 1. The lowest BCUT2D eigenvalue weighted by molar-refractivity contribution is -0.389. The number of nitro groups is 1. The number of nitrogens with zero attached hydrogens (tertiary/aromatic N) is 4. The first-order valence-electron chi connectivity index (χ1n) is 12.2. The van der Waals surface area contributed by atoms with Crippen LogP contribution in [0.4, 0.5) is 24.7 Å². The molecule has 2 aromatic carbocycles. The molecule has 0 saturated carbocycles. The van der Waals surface area contributed by atoms with Gasteiger partial charge in [-0.15, -0.1) is 0 Å². The van der Waals surface area contributed by atoms with E-state index in [-0.39, 0.29) is 24.0 Å². The van der Waals surface area contributed by atoms with Crippen molar-refractivity contribution in [3.63, 3.8) is 0 Å². The summed E-state index contributed by atoms with van der Waals surface area (Å²) < 4.78 is 61.9. The van der Waals surface area contributed by atoms with Gasteiger partial charge in [0.25, 0.3) is 0 Å². The largest absolute Gasteiger partial charge is 0.489 e. The highest BCUT2D eigenvalue weighted by atomic mass is 19.2. The highest BCUT2D eigenvalue weighted by Gasteiger charge is 2.45. The van der Waals surface area contributed by atoms with Crippen molar-refractivity contribution < 1.29 is 32.3 Å². The molecule has 38 heavy (non-hydrogen) atoms. The first kappa shape index (κ1) is 25.8. The SMILES string of the molecule is CO[C@](F)(c1ccc(F)cc1F)C1CCN(c2ccc(OCC3(C)Cn4cc([N+](=O)[O-])nc4O3)cc2)CC1. The van der Waals surface area contributed by atoms with Crippen LogP contribution < -0.4 is 14.4 Å². The summed E-state index contributed by atoms with van der Waals surface area (Å²) in [5, 5.41) is 10.9. The van der Waals surface area contributed by atoms with Crippen molar-refractivity contribution in [1.82, 2.24) is 9.55 Å². The van der Waals surface area contributed by atoms with Crippen LogP contribution >= 0.6 is 0 Å². The molecule has 2 aliphatic rings. The van der Waals surface area contributed by atoms with E-state index in [4.69, 9.17) is 14.2 Å². The molecule has 0 N–H and O–H groups in total. The molecule has 0 bridgehead atoms. The van der Waals surface area contributed by atoms with Crippen molar-refractivity contribution in [1.29, 1.82) is 0 Å². The Hall–Kier alpha value is -3.80. The first-order chi connectivity index (χ1) is 18.1. The Bertz CT molecular complexity index is 1300. The molecule has 5 rings (SSSR count). The summed E-state index contributed by atoms with van der Waals surface area (Å²) in [6, 6.07) is 10.5. The van der Waals surface area contributed by atoms with E-state index in [1.807, 2.05) is 31.2 Å². The third kappa shape index (κ3) is 4.87. The van der Waals surface area contributed by atoms with Crippen LogP contribution in [0, 0.1) is 27.7 Å². The number of halogens is 3. The standard InChI is InChI=1S/C26H27F3N4O5/c1-25(15-32-14-23(33(34)35)30-24(32)38-25)16-37-20-6-4-19(5-7-20)31-11-9-17(10-12-31)26(29,36-2)21-8-3-18(27)13-22(21)28/h3-8,13-14,17H,9-12,15-16H2,1-2H3/t25?,26-/m0/s1. The lowest BCUT2D eigenvalue weighted by atomic mass is 9.84. The molecule has 1 saturated heterocycles. The second-order valence-corrected chi connectivity index (χ2v) is 9.84. The first-order valence-corrected chi connectivity index (χ1v) is 12.2. The molecule has 9 nitrogen and oxygen atoms in total. The van der Waals surface area contributed by atoms with Gasteiger partial charge in [0.1, 0.15) is 30.2 Å². The molecule has 0 radical (unpaired) electrons. The lowest BCUT2D eigenvalue weighted by Crippen LogP contribution is -2.42. The molecule has 2 atom stereocenters. The van der Waals surface area contributed by atoms with Gasteiger partial charge in [-0.25, -0.2) is 13.2 Å². The van der Waals surface area contributed by atoms with Gasteiger partial charge >= 0.3 is 11.8 Å². The van der Waals surface area contributed by atoms with Crippen LogP contribution in [0.1, 0.15) is 25.3 Å². The van der Waals surface area contributed by atoms with Crippen LogP contribution in [0.2, 0.25) is 0 Å². The molecule has 1 aromatic heterocycles.